The highest BCUT2D eigenvalue weighted by Gasteiger charge is 2.31. The van der Waals surface area contributed by atoms with Crippen molar-refractivity contribution in [3.63, 3.8) is 0 Å². The Morgan fingerprint density at radius 1 is 1.53 bits per heavy atom. The molecule has 1 aliphatic heterocycles. The molecule has 0 spiro atoms. The van der Waals surface area contributed by atoms with E-state index in [0.717, 1.165) is 45.3 Å². The van der Waals surface area contributed by atoms with Gasteiger partial charge in [0.05, 0.1) is 5.60 Å². The Bertz CT molecular complexity index is 210. The summed E-state index contributed by atoms with van der Waals surface area (Å²) in [4.78, 5) is 0. The van der Waals surface area contributed by atoms with Crippen molar-refractivity contribution < 1.29 is 9.84 Å². The molecule has 3 nitrogen and oxygen atoms in total. The number of nitrogens with one attached hydrogen (secondary N) is 1. The Hall–Kier alpha value is -0.120. The van der Waals surface area contributed by atoms with Crippen LogP contribution in [0.15, 0.2) is 0 Å². The molecule has 3 atom stereocenters. The third kappa shape index (κ3) is 5.36. The van der Waals surface area contributed by atoms with Gasteiger partial charge in [-0.05, 0) is 51.5 Å². The third-order valence-electron chi connectivity index (χ3n) is 3.96. The molecular formula is C14H29NO2. The maximum atomic E-state index is 8.95. The van der Waals surface area contributed by atoms with Crippen LogP contribution in [0.4, 0.5) is 0 Å². The molecule has 1 fully saturated rings. The average Bonchev–Trinajstić information content (AvgIpc) is 2.34. The van der Waals surface area contributed by atoms with Crippen LogP contribution in [0.25, 0.3) is 0 Å². The molecule has 0 bridgehead atoms. The van der Waals surface area contributed by atoms with Crippen LogP contribution in [-0.2, 0) is 4.74 Å². The molecule has 1 aliphatic rings. The summed E-state index contributed by atoms with van der Waals surface area (Å²) >= 11 is 0. The number of aliphatic hydroxyl groups is 1. The zero-order chi connectivity index (χ0) is 12.7. The first-order valence-corrected chi connectivity index (χ1v) is 7.08. The van der Waals surface area contributed by atoms with Crippen molar-refractivity contribution in [2.24, 2.45) is 5.92 Å². The first kappa shape index (κ1) is 14.9. The Labute approximate surface area is 106 Å². The van der Waals surface area contributed by atoms with E-state index in [-0.39, 0.29) is 5.60 Å². The van der Waals surface area contributed by atoms with Gasteiger partial charge in [-0.2, -0.15) is 0 Å². The first-order valence-electron chi connectivity index (χ1n) is 7.08. The minimum atomic E-state index is 0.0777. The summed E-state index contributed by atoms with van der Waals surface area (Å²) in [5, 5.41) is 12.6. The predicted molar refractivity (Wildman–Crippen MR) is 71.2 cm³/mol. The van der Waals surface area contributed by atoms with Gasteiger partial charge in [0, 0.05) is 19.3 Å². The molecule has 3 heteroatoms. The van der Waals surface area contributed by atoms with Crippen molar-refractivity contribution in [1.82, 2.24) is 5.32 Å². The van der Waals surface area contributed by atoms with Crippen molar-refractivity contribution in [3.05, 3.63) is 0 Å². The summed E-state index contributed by atoms with van der Waals surface area (Å²) < 4.78 is 5.83. The van der Waals surface area contributed by atoms with Crippen LogP contribution in [0.1, 0.15) is 52.9 Å². The normalized spacial score (nSPS) is 31.4. The summed E-state index contributed by atoms with van der Waals surface area (Å²) in [5.74, 6) is 0.437. The smallest absolute Gasteiger partial charge is 0.0666 e. The van der Waals surface area contributed by atoms with E-state index in [2.05, 4.69) is 26.1 Å². The molecule has 0 aromatic carbocycles. The van der Waals surface area contributed by atoms with Gasteiger partial charge >= 0.3 is 0 Å². The molecule has 0 aliphatic carbocycles. The van der Waals surface area contributed by atoms with Crippen LogP contribution in [0.5, 0.6) is 0 Å². The molecule has 3 unspecified atom stereocenters. The largest absolute Gasteiger partial charge is 0.396 e. The lowest BCUT2D eigenvalue weighted by atomic mass is 9.90. The monoisotopic (exact) mass is 243 g/mol. The van der Waals surface area contributed by atoms with Gasteiger partial charge in [-0.1, -0.05) is 13.8 Å². The molecule has 0 amide bonds. The second-order valence-electron chi connectivity index (χ2n) is 5.73. The number of hydrogen-bond donors (Lipinski definition) is 2. The topological polar surface area (TPSA) is 41.5 Å². The Balaban J connectivity index is 2.15. The lowest BCUT2D eigenvalue weighted by molar-refractivity contribution is -0.0778. The van der Waals surface area contributed by atoms with E-state index in [1.165, 1.54) is 0 Å². The van der Waals surface area contributed by atoms with E-state index in [4.69, 9.17) is 9.84 Å². The van der Waals surface area contributed by atoms with Crippen LogP contribution in [0, 0.1) is 5.92 Å². The minimum Gasteiger partial charge on any atom is -0.396 e. The molecule has 0 aromatic rings. The standard InChI is InChI=1S/C14H29NO2/c1-4-14(3)10-13(7-9-17-14)15-8-5-6-12(2)11-16/h12-13,15-16H,4-11H2,1-3H3. The molecule has 2 N–H and O–H groups in total. The van der Waals surface area contributed by atoms with Crippen molar-refractivity contribution in [3.8, 4) is 0 Å². The minimum absolute atomic E-state index is 0.0777. The van der Waals surface area contributed by atoms with Gasteiger partial charge in [0.25, 0.3) is 0 Å². The van der Waals surface area contributed by atoms with Gasteiger partial charge < -0.3 is 15.2 Å². The van der Waals surface area contributed by atoms with E-state index in [9.17, 15) is 0 Å². The molecule has 0 radical (unpaired) electrons. The fourth-order valence-electron chi connectivity index (χ4n) is 2.40. The van der Waals surface area contributed by atoms with Crippen LogP contribution in [-0.4, -0.2) is 36.5 Å². The summed E-state index contributed by atoms with van der Waals surface area (Å²) in [6, 6.07) is 0.609. The fourth-order valence-corrected chi connectivity index (χ4v) is 2.40. The van der Waals surface area contributed by atoms with E-state index < -0.39 is 0 Å². The second-order valence-corrected chi connectivity index (χ2v) is 5.73. The van der Waals surface area contributed by atoms with E-state index in [1.807, 2.05) is 0 Å². The molecule has 1 rings (SSSR count). The van der Waals surface area contributed by atoms with Crippen LogP contribution in [0.3, 0.4) is 0 Å². The molecule has 0 aromatic heterocycles. The predicted octanol–water partition coefficient (Wildman–Crippen LogP) is 2.33. The van der Waals surface area contributed by atoms with Gasteiger partial charge in [-0.15, -0.1) is 0 Å². The van der Waals surface area contributed by atoms with Crippen molar-refractivity contribution in [1.29, 1.82) is 0 Å². The zero-order valence-electron chi connectivity index (χ0n) is 11.7. The van der Waals surface area contributed by atoms with E-state index in [1.54, 1.807) is 0 Å². The van der Waals surface area contributed by atoms with Crippen molar-refractivity contribution in [2.75, 3.05) is 19.8 Å². The Morgan fingerprint density at radius 3 is 2.94 bits per heavy atom. The fraction of sp³-hybridized carbons (Fsp3) is 1.00. The second kappa shape index (κ2) is 7.34. The van der Waals surface area contributed by atoms with Crippen molar-refractivity contribution >= 4 is 0 Å². The maximum absolute atomic E-state index is 8.95. The molecule has 102 valence electrons. The lowest BCUT2D eigenvalue weighted by Gasteiger charge is -2.38. The maximum Gasteiger partial charge on any atom is 0.0666 e. The summed E-state index contributed by atoms with van der Waals surface area (Å²) in [5.41, 5.74) is 0.0777. The first-order chi connectivity index (χ1) is 8.09. The highest BCUT2D eigenvalue weighted by Crippen LogP contribution is 2.27. The molecular weight excluding hydrogens is 214 g/mol. The highest BCUT2D eigenvalue weighted by molar-refractivity contribution is 4.85. The summed E-state index contributed by atoms with van der Waals surface area (Å²) in [6.45, 7) is 8.78. The summed E-state index contributed by atoms with van der Waals surface area (Å²) in [6.07, 6.45) is 5.61. The lowest BCUT2D eigenvalue weighted by Crippen LogP contribution is -2.45. The number of aliphatic hydroxyl groups excluding tert-OH is 1. The quantitative estimate of drug-likeness (QED) is 0.674. The summed E-state index contributed by atoms with van der Waals surface area (Å²) in [7, 11) is 0. The van der Waals surface area contributed by atoms with Crippen LogP contribution < -0.4 is 5.32 Å². The zero-order valence-corrected chi connectivity index (χ0v) is 11.7. The SMILES string of the molecule is CCC1(C)CC(NCCCC(C)CO)CCO1. The molecule has 0 saturated carbocycles. The van der Waals surface area contributed by atoms with Crippen LogP contribution >= 0.6 is 0 Å². The van der Waals surface area contributed by atoms with E-state index in [0.29, 0.717) is 18.6 Å². The number of rotatable bonds is 7. The number of ether oxygens (including phenoxy) is 1. The Morgan fingerprint density at radius 2 is 2.29 bits per heavy atom. The molecule has 1 saturated heterocycles. The number of hydrogen-bond acceptors (Lipinski definition) is 3. The molecule has 17 heavy (non-hydrogen) atoms. The Kier molecular flexibility index (Phi) is 6.45. The third-order valence-corrected chi connectivity index (χ3v) is 3.96. The van der Waals surface area contributed by atoms with Gasteiger partial charge in [0.1, 0.15) is 0 Å². The van der Waals surface area contributed by atoms with Gasteiger partial charge in [-0.25, -0.2) is 0 Å². The van der Waals surface area contributed by atoms with Gasteiger partial charge in [-0.3, -0.25) is 0 Å². The van der Waals surface area contributed by atoms with Crippen molar-refractivity contribution in [2.45, 2.75) is 64.5 Å². The highest BCUT2D eigenvalue weighted by atomic mass is 16.5. The molecule has 1 heterocycles. The average molecular weight is 243 g/mol. The van der Waals surface area contributed by atoms with Gasteiger partial charge in [0.2, 0.25) is 0 Å². The van der Waals surface area contributed by atoms with Gasteiger partial charge in [0.15, 0.2) is 0 Å². The van der Waals surface area contributed by atoms with E-state index >= 15 is 0 Å². The van der Waals surface area contributed by atoms with Crippen LogP contribution in [0.2, 0.25) is 0 Å².